The fourth-order valence-corrected chi connectivity index (χ4v) is 3.84. The Hall–Kier alpha value is -3.02. The molecule has 0 radical (unpaired) electrons. The molecule has 1 atom stereocenters. The molecule has 0 bridgehead atoms. The normalized spacial score (nSPS) is 13.4. The van der Waals surface area contributed by atoms with Crippen LogP contribution in [0.2, 0.25) is 0 Å². The zero-order valence-electron chi connectivity index (χ0n) is 18.1. The van der Waals surface area contributed by atoms with Gasteiger partial charge in [-0.05, 0) is 72.2 Å². The highest BCUT2D eigenvalue weighted by Crippen LogP contribution is 2.36. The second-order valence-corrected chi connectivity index (χ2v) is 8.06. The number of hydrogen-bond acceptors (Lipinski definition) is 2. The Morgan fingerprint density at radius 2 is 1.50 bits per heavy atom. The standard InChI is InChI=1S/C26H26F4O2/c1-3-16-25(2,20-10-12-22(13-11-20)32-26(28,29)30)17-15-19-9-14-23(27)24(18-19)31-21-7-5-4-6-8-21/h4-14,18H,3,15-17H2,1-2H3. The summed E-state index contributed by atoms with van der Waals surface area (Å²) in [6.45, 7) is 4.17. The molecule has 170 valence electrons. The number of aryl methyl sites for hydroxylation is 1. The Bertz CT molecular complexity index is 1000. The molecule has 0 aliphatic carbocycles. The highest BCUT2D eigenvalue weighted by atomic mass is 19.4. The molecular formula is C26H26F4O2. The van der Waals surface area contributed by atoms with E-state index in [0.717, 1.165) is 30.4 Å². The van der Waals surface area contributed by atoms with Crippen molar-refractivity contribution >= 4 is 0 Å². The van der Waals surface area contributed by atoms with Gasteiger partial charge in [0.05, 0.1) is 0 Å². The molecule has 0 amide bonds. The summed E-state index contributed by atoms with van der Waals surface area (Å²) in [5.41, 5.74) is 1.62. The zero-order valence-corrected chi connectivity index (χ0v) is 18.1. The number of rotatable bonds is 9. The average molecular weight is 446 g/mol. The Kier molecular flexibility index (Phi) is 7.44. The largest absolute Gasteiger partial charge is 0.573 e. The molecule has 6 heteroatoms. The molecule has 0 saturated carbocycles. The molecule has 0 N–H and O–H groups in total. The molecule has 0 heterocycles. The minimum Gasteiger partial charge on any atom is -0.454 e. The highest BCUT2D eigenvalue weighted by Gasteiger charge is 2.31. The number of ether oxygens (including phenoxy) is 2. The van der Waals surface area contributed by atoms with Crippen molar-refractivity contribution in [1.29, 1.82) is 0 Å². The molecule has 32 heavy (non-hydrogen) atoms. The highest BCUT2D eigenvalue weighted by molar-refractivity contribution is 5.36. The van der Waals surface area contributed by atoms with Crippen molar-refractivity contribution in [3.63, 3.8) is 0 Å². The fraction of sp³-hybridized carbons (Fsp3) is 0.308. The van der Waals surface area contributed by atoms with Crippen LogP contribution in [0.25, 0.3) is 0 Å². The van der Waals surface area contributed by atoms with Crippen LogP contribution in [0.4, 0.5) is 17.6 Å². The lowest BCUT2D eigenvalue weighted by Gasteiger charge is -2.30. The van der Waals surface area contributed by atoms with Gasteiger partial charge in [-0.2, -0.15) is 0 Å². The first-order chi connectivity index (χ1) is 15.2. The van der Waals surface area contributed by atoms with Crippen LogP contribution < -0.4 is 9.47 Å². The van der Waals surface area contributed by atoms with E-state index in [2.05, 4.69) is 18.6 Å². The zero-order chi connectivity index (χ0) is 23.2. The van der Waals surface area contributed by atoms with E-state index < -0.39 is 12.2 Å². The van der Waals surface area contributed by atoms with Crippen LogP contribution in [0.5, 0.6) is 17.2 Å². The molecule has 0 spiro atoms. The van der Waals surface area contributed by atoms with Gasteiger partial charge < -0.3 is 9.47 Å². The molecule has 3 aromatic carbocycles. The van der Waals surface area contributed by atoms with Crippen LogP contribution in [0.3, 0.4) is 0 Å². The van der Waals surface area contributed by atoms with Gasteiger partial charge >= 0.3 is 6.36 Å². The summed E-state index contributed by atoms with van der Waals surface area (Å²) in [5.74, 6) is 0.0515. The van der Waals surface area contributed by atoms with E-state index in [1.54, 1.807) is 36.4 Å². The fourth-order valence-electron chi connectivity index (χ4n) is 3.84. The minimum absolute atomic E-state index is 0.166. The number of benzene rings is 3. The third-order valence-corrected chi connectivity index (χ3v) is 5.52. The second-order valence-electron chi connectivity index (χ2n) is 8.06. The summed E-state index contributed by atoms with van der Waals surface area (Å²) >= 11 is 0. The number of alkyl halides is 3. The van der Waals surface area contributed by atoms with E-state index in [-0.39, 0.29) is 16.9 Å². The summed E-state index contributed by atoms with van der Waals surface area (Å²) in [7, 11) is 0. The van der Waals surface area contributed by atoms with Crippen molar-refractivity contribution in [3.05, 3.63) is 89.7 Å². The monoisotopic (exact) mass is 446 g/mol. The first kappa shape index (κ1) is 23.6. The van der Waals surface area contributed by atoms with Gasteiger partial charge in [0.25, 0.3) is 0 Å². The summed E-state index contributed by atoms with van der Waals surface area (Å²) in [5, 5.41) is 0. The summed E-state index contributed by atoms with van der Waals surface area (Å²) in [6, 6.07) is 19.9. The van der Waals surface area contributed by atoms with Gasteiger partial charge in [0.15, 0.2) is 11.6 Å². The molecule has 0 aliphatic rings. The Labute approximate surface area is 185 Å². The molecule has 3 aromatic rings. The van der Waals surface area contributed by atoms with Gasteiger partial charge in [0.1, 0.15) is 11.5 Å². The molecule has 0 saturated heterocycles. The maximum absolute atomic E-state index is 14.3. The van der Waals surface area contributed by atoms with Gasteiger partial charge in [0, 0.05) is 0 Å². The molecule has 0 aromatic heterocycles. The van der Waals surface area contributed by atoms with Crippen LogP contribution in [0, 0.1) is 5.82 Å². The first-order valence-electron chi connectivity index (χ1n) is 10.6. The second kappa shape index (κ2) is 10.1. The van der Waals surface area contributed by atoms with Gasteiger partial charge in [-0.15, -0.1) is 13.2 Å². The van der Waals surface area contributed by atoms with E-state index in [4.69, 9.17) is 4.74 Å². The van der Waals surface area contributed by atoms with Crippen LogP contribution >= 0.6 is 0 Å². The van der Waals surface area contributed by atoms with Gasteiger partial charge in [-0.1, -0.05) is 56.7 Å². The maximum atomic E-state index is 14.3. The predicted octanol–water partition coefficient (Wildman–Crippen LogP) is 8.21. The Morgan fingerprint density at radius 1 is 0.812 bits per heavy atom. The average Bonchev–Trinajstić information content (AvgIpc) is 2.74. The van der Waals surface area contributed by atoms with Crippen LogP contribution in [0.15, 0.2) is 72.8 Å². The number of hydrogen-bond donors (Lipinski definition) is 0. The van der Waals surface area contributed by atoms with Crippen LogP contribution in [0.1, 0.15) is 44.2 Å². The van der Waals surface area contributed by atoms with Gasteiger partial charge in [0.2, 0.25) is 0 Å². The molecule has 0 aliphatic heterocycles. The minimum atomic E-state index is -4.71. The van der Waals surface area contributed by atoms with E-state index in [1.165, 1.54) is 18.2 Å². The predicted molar refractivity (Wildman–Crippen MR) is 117 cm³/mol. The van der Waals surface area contributed by atoms with E-state index in [9.17, 15) is 17.6 Å². The van der Waals surface area contributed by atoms with E-state index in [1.807, 2.05) is 18.2 Å². The number of para-hydroxylation sites is 1. The van der Waals surface area contributed by atoms with Crippen LogP contribution in [-0.4, -0.2) is 6.36 Å². The van der Waals surface area contributed by atoms with E-state index >= 15 is 0 Å². The van der Waals surface area contributed by atoms with Gasteiger partial charge in [-0.3, -0.25) is 0 Å². The first-order valence-corrected chi connectivity index (χ1v) is 10.6. The van der Waals surface area contributed by atoms with Crippen molar-refractivity contribution < 1.29 is 27.0 Å². The third-order valence-electron chi connectivity index (χ3n) is 5.52. The molecule has 0 fully saturated rings. The summed E-state index contributed by atoms with van der Waals surface area (Å²) in [6.07, 6.45) is -1.51. The van der Waals surface area contributed by atoms with Crippen molar-refractivity contribution in [2.75, 3.05) is 0 Å². The smallest absolute Gasteiger partial charge is 0.454 e. The molecule has 3 rings (SSSR count). The van der Waals surface area contributed by atoms with Gasteiger partial charge in [-0.25, -0.2) is 4.39 Å². The summed E-state index contributed by atoms with van der Waals surface area (Å²) in [4.78, 5) is 0. The lowest BCUT2D eigenvalue weighted by molar-refractivity contribution is -0.274. The third kappa shape index (κ3) is 6.49. The van der Waals surface area contributed by atoms with Crippen LogP contribution in [-0.2, 0) is 11.8 Å². The maximum Gasteiger partial charge on any atom is 0.573 e. The quantitative estimate of drug-likeness (QED) is 0.308. The van der Waals surface area contributed by atoms with Crippen molar-refractivity contribution in [1.82, 2.24) is 0 Å². The van der Waals surface area contributed by atoms with E-state index in [0.29, 0.717) is 12.2 Å². The Balaban J connectivity index is 1.74. The lowest BCUT2D eigenvalue weighted by Crippen LogP contribution is -2.23. The molecule has 1 unspecified atom stereocenters. The van der Waals surface area contributed by atoms with Crippen molar-refractivity contribution in [2.45, 2.75) is 51.3 Å². The Morgan fingerprint density at radius 3 is 2.12 bits per heavy atom. The topological polar surface area (TPSA) is 18.5 Å². The SMILES string of the molecule is CCCC(C)(CCc1ccc(F)c(Oc2ccccc2)c1)c1ccc(OC(F)(F)F)cc1. The van der Waals surface area contributed by atoms with Crippen molar-refractivity contribution in [3.8, 4) is 17.2 Å². The molecule has 2 nitrogen and oxygen atoms in total. The number of halogens is 4. The molecular weight excluding hydrogens is 420 g/mol. The van der Waals surface area contributed by atoms with Crippen molar-refractivity contribution in [2.24, 2.45) is 0 Å². The lowest BCUT2D eigenvalue weighted by atomic mass is 9.74. The summed E-state index contributed by atoms with van der Waals surface area (Å²) < 4.78 is 61.3.